The largest absolute Gasteiger partial charge is 0.355 e. The van der Waals surface area contributed by atoms with E-state index in [9.17, 15) is 9.59 Å². The number of amides is 1. The number of hydrogen-bond acceptors (Lipinski definition) is 5. The molecule has 0 radical (unpaired) electrons. The number of carbonyl (C=O) groups excluding carboxylic acids is 1. The van der Waals surface area contributed by atoms with Crippen LogP contribution in [-0.4, -0.2) is 22.5 Å². The van der Waals surface area contributed by atoms with Crippen LogP contribution in [0.3, 0.4) is 0 Å². The molecule has 28 heavy (non-hydrogen) atoms. The smallest absolute Gasteiger partial charge is 0.264 e. The zero-order chi connectivity index (χ0) is 19.7. The lowest BCUT2D eigenvalue weighted by atomic mass is 9.97. The zero-order valence-corrected chi connectivity index (χ0v) is 16.6. The minimum absolute atomic E-state index is 0.0196. The first kappa shape index (κ1) is 18.4. The van der Waals surface area contributed by atoms with Crippen LogP contribution < -0.4 is 16.2 Å². The molecule has 0 bridgehead atoms. The molecule has 1 amide bonds. The fourth-order valence-electron chi connectivity index (χ4n) is 3.61. The first-order chi connectivity index (χ1) is 13.6. The Labute approximate surface area is 166 Å². The predicted octanol–water partition coefficient (Wildman–Crippen LogP) is 3.63. The Hall–Kier alpha value is -2.93. The van der Waals surface area contributed by atoms with E-state index in [0.29, 0.717) is 18.1 Å². The molecule has 0 saturated carbocycles. The molecule has 2 aromatic heterocycles. The normalized spacial score (nSPS) is 13.2. The second-order valence-corrected chi connectivity index (χ2v) is 7.90. The van der Waals surface area contributed by atoms with Crippen molar-refractivity contribution in [1.82, 2.24) is 14.9 Å². The third-order valence-corrected chi connectivity index (χ3v) is 6.20. The van der Waals surface area contributed by atoms with E-state index in [4.69, 9.17) is 4.98 Å². The Morgan fingerprint density at radius 2 is 2.04 bits per heavy atom. The summed E-state index contributed by atoms with van der Waals surface area (Å²) in [6.07, 6.45) is 5.98. The number of thiophene rings is 1. The van der Waals surface area contributed by atoms with Crippen molar-refractivity contribution < 1.29 is 4.79 Å². The number of rotatable bonds is 5. The number of anilines is 2. The van der Waals surface area contributed by atoms with Crippen LogP contribution in [0.1, 0.15) is 33.6 Å². The second-order valence-electron chi connectivity index (χ2n) is 6.81. The van der Waals surface area contributed by atoms with Crippen LogP contribution in [0.2, 0.25) is 0 Å². The maximum absolute atomic E-state index is 13.2. The van der Waals surface area contributed by atoms with Gasteiger partial charge >= 0.3 is 0 Å². The van der Waals surface area contributed by atoms with Gasteiger partial charge in [-0.1, -0.05) is 6.08 Å². The van der Waals surface area contributed by atoms with Gasteiger partial charge in [0.2, 0.25) is 5.95 Å². The van der Waals surface area contributed by atoms with Gasteiger partial charge in [0, 0.05) is 29.7 Å². The molecule has 6 nitrogen and oxygen atoms in total. The monoisotopic (exact) mass is 394 g/mol. The van der Waals surface area contributed by atoms with Gasteiger partial charge in [0.15, 0.2) is 0 Å². The second kappa shape index (κ2) is 7.59. The minimum Gasteiger partial charge on any atom is -0.355 e. The highest BCUT2D eigenvalue weighted by Crippen LogP contribution is 2.34. The standard InChI is InChI=1S/C21H22N4O2S/c1-3-12-25-20(27)17-15-6-4-5-7-16(15)28-19(17)24-21(25)23-14-10-8-13(9-11-14)18(26)22-2/h3,8-11H,1,4-7,12H2,2H3,(H,22,26)(H,23,24). The third-order valence-electron chi connectivity index (χ3n) is 5.02. The van der Waals surface area contributed by atoms with Crippen molar-refractivity contribution in [3.05, 3.63) is 63.3 Å². The zero-order valence-electron chi connectivity index (χ0n) is 15.7. The topological polar surface area (TPSA) is 76.0 Å². The quantitative estimate of drug-likeness (QED) is 0.648. The molecule has 2 heterocycles. The van der Waals surface area contributed by atoms with Gasteiger partial charge in [-0.3, -0.25) is 14.2 Å². The summed E-state index contributed by atoms with van der Waals surface area (Å²) in [5, 5.41) is 6.60. The van der Waals surface area contributed by atoms with Crippen LogP contribution in [0.15, 0.2) is 41.7 Å². The number of allylic oxidation sites excluding steroid dienone is 1. The van der Waals surface area contributed by atoms with E-state index in [0.717, 1.165) is 35.2 Å². The number of hydrogen-bond donors (Lipinski definition) is 2. The molecule has 0 atom stereocenters. The highest BCUT2D eigenvalue weighted by atomic mass is 32.1. The Bertz CT molecular complexity index is 1110. The van der Waals surface area contributed by atoms with Crippen LogP contribution >= 0.6 is 11.3 Å². The summed E-state index contributed by atoms with van der Waals surface area (Å²) < 4.78 is 1.63. The average molecular weight is 395 g/mol. The molecule has 1 aliphatic carbocycles. The highest BCUT2D eigenvalue weighted by molar-refractivity contribution is 7.18. The molecule has 0 saturated heterocycles. The lowest BCUT2D eigenvalue weighted by Crippen LogP contribution is -2.24. The fourth-order valence-corrected chi connectivity index (χ4v) is 4.86. The molecule has 2 N–H and O–H groups in total. The molecule has 3 aromatic rings. The molecule has 7 heteroatoms. The molecule has 4 rings (SSSR count). The van der Waals surface area contributed by atoms with Gasteiger partial charge in [-0.05, 0) is 55.5 Å². The van der Waals surface area contributed by atoms with Crippen molar-refractivity contribution >= 4 is 39.1 Å². The first-order valence-electron chi connectivity index (χ1n) is 9.37. The van der Waals surface area contributed by atoms with Gasteiger partial charge in [-0.25, -0.2) is 4.98 Å². The van der Waals surface area contributed by atoms with Gasteiger partial charge in [0.05, 0.1) is 5.39 Å². The average Bonchev–Trinajstić information content (AvgIpc) is 3.09. The van der Waals surface area contributed by atoms with Gasteiger partial charge in [-0.2, -0.15) is 0 Å². The third kappa shape index (κ3) is 3.22. The molecule has 1 aromatic carbocycles. The van der Waals surface area contributed by atoms with Crippen molar-refractivity contribution in [3.63, 3.8) is 0 Å². The Morgan fingerprint density at radius 3 is 2.75 bits per heavy atom. The number of benzene rings is 1. The molecule has 144 valence electrons. The van der Waals surface area contributed by atoms with Crippen LogP contribution in [0.25, 0.3) is 10.2 Å². The van der Waals surface area contributed by atoms with Crippen molar-refractivity contribution in [2.24, 2.45) is 0 Å². The van der Waals surface area contributed by atoms with E-state index in [1.165, 1.54) is 16.9 Å². The van der Waals surface area contributed by atoms with E-state index >= 15 is 0 Å². The summed E-state index contributed by atoms with van der Waals surface area (Å²) in [5.41, 5.74) is 2.50. The van der Waals surface area contributed by atoms with Crippen molar-refractivity contribution in [3.8, 4) is 0 Å². The van der Waals surface area contributed by atoms with Gasteiger partial charge in [0.25, 0.3) is 11.5 Å². The maximum Gasteiger partial charge on any atom is 0.264 e. The Kier molecular flexibility index (Phi) is 5.00. The molecule has 0 aliphatic heterocycles. The fraction of sp³-hybridized carbons (Fsp3) is 0.286. The van der Waals surface area contributed by atoms with Crippen LogP contribution in [0.4, 0.5) is 11.6 Å². The Balaban J connectivity index is 1.77. The molecule has 0 fully saturated rings. The Morgan fingerprint density at radius 1 is 1.29 bits per heavy atom. The number of fused-ring (bicyclic) bond motifs is 3. The van der Waals surface area contributed by atoms with E-state index in [-0.39, 0.29) is 11.5 Å². The SMILES string of the molecule is C=CCn1c(Nc2ccc(C(=O)NC)cc2)nc2sc3c(c2c1=O)CCCC3. The predicted molar refractivity (Wildman–Crippen MR) is 114 cm³/mol. The number of nitrogens with one attached hydrogen (secondary N) is 2. The molecule has 0 spiro atoms. The summed E-state index contributed by atoms with van der Waals surface area (Å²) in [6.45, 7) is 4.16. The van der Waals surface area contributed by atoms with Crippen LogP contribution in [-0.2, 0) is 19.4 Å². The molecule has 1 aliphatic rings. The summed E-state index contributed by atoms with van der Waals surface area (Å²) in [4.78, 5) is 31.8. The summed E-state index contributed by atoms with van der Waals surface area (Å²) in [5.74, 6) is 0.350. The molecular formula is C21H22N4O2S. The van der Waals surface area contributed by atoms with E-state index in [1.807, 2.05) is 0 Å². The van der Waals surface area contributed by atoms with Gasteiger partial charge in [0.1, 0.15) is 4.83 Å². The van der Waals surface area contributed by atoms with Crippen LogP contribution in [0.5, 0.6) is 0 Å². The number of aromatic nitrogens is 2. The number of carbonyl (C=O) groups is 1. The van der Waals surface area contributed by atoms with E-state index < -0.39 is 0 Å². The summed E-state index contributed by atoms with van der Waals surface area (Å²) in [6, 6.07) is 7.08. The van der Waals surface area contributed by atoms with Gasteiger partial charge in [-0.15, -0.1) is 17.9 Å². The van der Waals surface area contributed by atoms with Crippen molar-refractivity contribution in [2.45, 2.75) is 32.2 Å². The summed E-state index contributed by atoms with van der Waals surface area (Å²) >= 11 is 1.63. The van der Waals surface area contributed by atoms with Gasteiger partial charge < -0.3 is 10.6 Å². The van der Waals surface area contributed by atoms with Crippen LogP contribution in [0, 0.1) is 0 Å². The first-order valence-corrected chi connectivity index (χ1v) is 10.2. The minimum atomic E-state index is -0.140. The summed E-state index contributed by atoms with van der Waals surface area (Å²) in [7, 11) is 1.60. The lowest BCUT2D eigenvalue weighted by Gasteiger charge is -2.14. The van der Waals surface area contributed by atoms with E-state index in [1.54, 1.807) is 53.3 Å². The molecule has 0 unspecified atom stereocenters. The highest BCUT2D eigenvalue weighted by Gasteiger charge is 2.21. The van der Waals surface area contributed by atoms with Crippen molar-refractivity contribution in [2.75, 3.05) is 12.4 Å². The molecular weight excluding hydrogens is 372 g/mol. The van der Waals surface area contributed by atoms with E-state index in [2.05, 4.69) is 17.2 Å². The maximum atomic E-state index is 13.2. The van der Waals surface area contributed by atoms with Crippen molar-refractivity contribution in [1.29, 1.82) is 0 Å². The lowest BCUT2D eigenvalue weighted by molar-refractivity contribution is 0.0963. The number of aryl methyl sites for hydroxylation is 2. The number of nitrogens with zero attached hydrogens (tertiary/aromatic N) is 2.